The van der Waals surface area contributed by atoms with Crippen molar-refractivity contribution >= 4 is 5.82 Å². The topological polar surface area (TPSA) is 72.7 Å². The molecule has 6 nitrogen and oxygen atoms in total. The average molecular weight is 367 g/mol. The number of aromatic nitrogens is 4. The summed E-state index contributed by atoms with van der Waals surface area (Å²) in [4.78, 5) is 12.3. The van der Waals surface area contributed by atoms with E-state index in [9.17, 15) is 4.79 Å². The van der Waals surface area contributed by atoms with Crippen molar-refractivity contribution in [2.45, 2.75) is 82.7 Å². The first-order chi connectivity index (χ1) is 12.9. The third kappa shape index (κ3) is 4.20. The molecule has 144 valence electrons. The molecule has 2 fully saturated rings. The fourth-order valence-corrected chi connectivity index (χ4v) is 3.78. The number of nitrogens with one attached hydrogen (secondary N) is 1. The second kappa shape index (κ2) is 7.06. The van der Waals surface area contributed by atoms with Gasteiger partial charge in [-0.05, 0) is 56.7 Å². The fraction of sp³-hybridized carbons (Fsp3) is 0.619. The molecule has 2 aliphatic rings. The van der Waals surface area contributed by atoms with Crippen LogP contribution in [0.3, 0.4) is 0 Å². The van der Waals surface area contributed by atoms with Crippen molar-refractivity contribution in [3.05, 3.63) is 46.0 Å². The first kappa shape index (κ1) is 18.1. The van der Waals surface area contributed by atoms with Crippen molar-refractivity contribution in [1.29, 1.82) is 0 Å². The van der Waals surface area contributed by atoms with Gasteiger partial charge in [0, 0.05) is 23.4 Å². The lowest BCUT2D eigenvalue weighted by Crippen LogP contribution is -2.33. The van der Waals surface area contributed by atoms with Gasteiger partial charge in [-0.15, -0.1) is 5.10 Å². The van der Waals surface area contributed by atoms with E-state index >= 15 is 0 Å². The van der Waals surface area contributed by atoms with Gasteiger partial charge in [0.05, 0.1) is 17.4 Å². The molecule has 0 bridgehead atoms. The van der Waals surface area contributed by atoms with E-state index in [1.54, 1.807) is 10.7 Å². The standard InChI is InChI=1S/C21H29N5O/c1-21(2,3)18-11-12-19(24-23-18)22-15-6-8-16(9-7-15)26-20(27)13-10-17(25-26)14-4-5-14/h10-16H,4-9H2,1-3H3,(H,22,24). The minimum atomic E-state index is 0.0128. The van der Waals surface area contributed by atoms with Gasteiger partial charge in [-0.2, -0.15) is 10.2 Å². The quantitative estimate of drug-likeness (QED) is 0.890. The van der Waals surface area contributed by atoms with Crippen molar-refractivity contribution < 1.29 is 0 Å². The first-order valence-corrected chi connectivity index (χ1v) is 10.1. The predicted molar refractivity (Wildman–Crippen MR) is 106 cm³/mol. The lowest BCUT2D eigenvalue weighted by Gasteiger charge is -2.30. The van der Waals surface area contributed by atoms with Crippen LogP contribution in [0.2, 0.25) is 0 Å². The Morgan fingerprint density at radius 3 is 2.30 bits per heavy atom. The highest BCUT2D eigenvalue weighted by Crippen LogP contribution is 2.38. The summed E-state index contributed by atoms with van der Waals surface area (Å²) in [5.74, 6) is 1.40. The summed E-state index contributed by atoms with van der Waals surface area (Å²) in [6, 6.07) is 8.25. The Hall–Kier alpha value is -2.24. The lowest BCUT2D eigenvalue weighted by atomic mass is 9.91. The van der Waals surface area contributed by atoms with Crippen molar-refractivity contribution in [1.82, 2.24) is 20.0 Å². The average Bonchev–Trinajstić information content (AvgIpc) is 3.48. The molecule has 4 rings (SSSR count). The maximum atomic E-state index is 12.3. The van der Waals surface area contributed by atoms with E-state index in [0.717, 1.165) is 42.9 Å². The third-order valence-corrected chi connectivity index (χ3v) is 5.67. The Balaban J connectivity index is 1.36. The highest BCUT2D eigenvalue weighted by molar-refractivity contribution is 5.35. The molecule has 27 heavy (non-hydrogen) atoms. The van der Waals surface area contributed by atoms with Crippen LogP contribution < -0.4 is 10.9 Å². The molecule has 2 heterocycles. The molecule has 0 atom stereocenters. The van der Waals surface area contributed by atoms with Crippen molar-refractivity contribution in [2.75, 3.05) is 5.32 Å². The van der Waals surface area contributed by atoms with Gasteiger partial charge in [0.25, 0.3) is 5.56 Å². The van der Waals surface area contributed by atoms with Gasteiger partial charge in [-0.3, -0.25) is 4.79 Å². The second-order valence-electron chi connectivity index (χ2n) is 9.02. The monoisotopic (exact) mass is 367 g/mol. The minimum absolute atomic E-state index is 0.0128. The highest BCUT2D eigenvalue weighted by atomic mass is 16.1. The van der Waals surface area contributed by atoms with E-state index in [1.807, 2.05) is 18.2 Å². The maximum Gasteiger partial charge on any atom is 0.267 e. The number of rotatable bonds is 4. The summed E-state index contributed by atoms with van der Waals surface area (Å²) in [7, 11) is 0. The second-order valence-corrected chi connectivity index (χ2v) is 9.02. The van der Waals surface area contributed by atoms with E-state index in [0.29, 0.717) is 12.0 Å². The Kier molecular flexibility index (Phi) is 4.74. The minimum Gasteiger partial charge on any atom is -0.366 e. The Morgan fingerprint density at radius 2 is 1.70 bits per heavy atom. The highest BCUT2D eigenvalue weighted by Gasteiger charge is 2.28. The summed E-state index contributed by atoms with van der Waals surface area (Å²) in [6.07, 6.45) is 6.36. The summed E-state index contributed by atoms with van der Waals surface area (Å²) in [6.45, 7) is 6.42. The van der Waals surface area contributed by atoms with Gasteiger partial charge in [0.15, 0.2) is 0 Å². The summed E-state index contributed by atoms with van der Waals surface area (Å²) >= 11 is 0. The van der Waals surface area contributed by atoms with Crippen LogP contribution in [0.15, 0.2) is 29.1 Å². The SMILES string of the molecule is CC(C)(C)c1ccc(NC2CCC(n3nc(C4CC4)ccc3=O)CC2)nn1. The first-order valence-electron chi connectivity index (χ1n) is 10.1. The zero-order valence-corrected chi connectivity index (χ0v) is 16.5. The molecule has 0 saturated heterocycles. The third-order valence-electron chi connectivity index (χ3n) is 5.67. The van der Waals surface area contributed by atoms with Crippen LogP contribution in [0, 0.1) is 0 Å². The van der Waals surface area contributed by atoms with E-state index in [4.69, 9.17) is 0 Å². The maximum absolute atomic E-state index is 12.3. The zero-order chi connectivity index (χ0) is 19.0. The van der Waals surface area contributed by atoms with E-state index in [-0.39, 0.29) is 17.0 Å². The molecule has 0 unspecified atom stereocenters. The normalized spacial score (nSPS) is 23.2. The molecule has 2 aromatic heterocycles. The van der Waals surface area contributed by atoms with E-state index in [2.05, 4.69) is 41.4 Å². The van der Waals surface area contributed by atoms with E-state index < -0.39 is 0 Å². The molecule has 1 N–H and O–H groups in total. The van der Waals surface area contributed by atoms with Crippen molar-refractivity contribution in [2.24, 2.45) is 0 Å². The molecule has 2 aromatic rings. The number of anilines is 1. The predicted octanol–water partition coefficient (Wildman–Crippen LogP) is 3.80. The summed E-state index contributed by atoms with van der Waals surface area (Å²) in [5.41, 5.74) is 2.13. The molecule has 0 aromatic carbocycles. The Bertz CT molecular complexity index is 840. The largest absolute Gasteiger partial charge is 0.366 e. The van der Waals surface area contributed by atoms with Gasteiger partial charge in [0.2, 0.25) is 0 Å². The Labute approximate surface area is 160 Å². The lowest BCUT2D eigenvalue weighted by molar-refractivity contribution is 0.301. The van der Waals surface area contributed by atoms with Crippen LogP contribution in [0.5, 0.6) is 0 Å². The molecule has 0 aliphatic heterocycles. The van der Waals surface area contributed by atoms with Crippen molar-refractivity contribution in [3.63, 3.8) is 0 Å². The number of hydrogen-bond acceptors (Lipinski definition) is 5. The molecule has 6 heteroatoms. The Morgan fingerprint density at radius 1 is 0.963 bits per heavy atom. The van der Waals surface area contributed by atoms with Crippen LogP contribution in [-0.2, 0) is 5.41 Å². The van der Waals surface area contributed by atoms with Crippen molar-refractivity contribution in [3.8, 4) is 0 Å². The molecule has 2 aliphatic carbocycles. The van der Waals surface area contributed by atoms with Crippen LogP contribution in [0.1, 0.15) is 82.6 Å². The van der Waals surface area contributed by atoms with Gasteiger partial charge in [-0.1, -0.05) is 20.8 Å². The van der Waals surface area contributed by atoms with Crippen LogP contribution in [0.25, 0.3) is 0 Å². The molecular formula is C21H29N5O. The smallest absolute Gasteiger partial charge is 0.267 e. The number of hydrogen-bond donors (Lipinski definition) is 1. The zero-order valence-electron chi connectivity index (χ0n) is 16.5. The molecule has 2 saturated carbocycles. The molecular weight excluding hydrogens is 338 g/mol. The van der Waals surface area contributed by atoms with Crippen LogP contribution >= 0.6 is 0 Å². The van der Waals surface area contributed by atoms with Gasteiger partial charge >= 0.3 is 0 Å². The van der Waals surface area contributed by atoms with Gasteiger partial charge < -0.3 is 5.32 Å². The van der Waals surface area contributed by atoms with Crippen LogP contribution in [0.4, 0.5) is 5.82 Å². The molecule has 0 amide bonds. The van der Waals surface area contributed by atoms with E-state index in [1.165, 1.54) is 12.8 Å². The van der Waals surface area contributed by atoms with Gasteiger partial charge in [-0.25, -0.2) is 4.68 Å². The van der Waals surface area contributed by atoms with Gasteiger partial charge in [0.1, 0.15) is 5.82 Å². The summed E-state index contributed by atoms with van der Waals surface area (Å²) < 4.78 is 1.74. The summed E-state index contributed by atoms with van der Waals surface area (Å²) in [5, 5.41) is 16.9. The van der Waals surface area contributed by atoms with Crippen LogP contribution in [-0.4, -0.2) is 26.0 Å². The molecule has 0 spiro atoms. The fourth-order valence-electron chi connectivity index (χ4n) is 3.78. The molecule has 0 radical (unpaired) electrons. The number of nitrogens with zero attached hydrogens (tertiary/aromatic N) is 4.